The Morgan fingerprint density at radius 1 is 1.62 bits per heavy atom. The first-order chi connectivity index (χ1) is 3.66. The van der Waals surface area contributed by atoms with Crippen LogP contribution in [0.4, 0.5) is 0 Å². The van der Waals surface area contributed by atoms with E-state index in [4.69, 9.17) is 5.11 Å². The fraction of sp³-hybridized carbons (Fsp3) is 0.833. The molecular formula is C6H14NO. The lowest BCUT2D eigenvalue weighted by Gasteiger charge is -2.11. The number of aliphatic hydroxyl groups excluding tert-OH is 1. The Hall–Kier alpha value is -0.0800. The quantitative estimate of drug-likeness (QED) is 0.563. The van der Waals surface area contributed by atoms with Crippen LogP contribution in [0.15, 0.2) is 0 Å². The molecule has 0 aromatic carbocycles. The zero-order valence-corrected chi connectivity index (χ0v) is 5.73. The van der Waals surface area contributed by atoms with Crippen molar-refractivity contribution in [2.45, 2.75) is 26.8 Å². The molecule has 0 atom stereocenters. The first-order valence-corrected chi connectivity index (χ1v) is 2.86. The Morgan fingerprint density at radius 2 is 2.12 bits per heavy atom. The lowest BCUT2D eigenvalue weighted by atomic mass is 10.3. The van der Waals surface area contributed by atoms with E-state index in [2.05, 4.69) is 5.32 Å². The second-order valence-corrected chi connectivity index (χ2v) is 2.24. The van der Waals surface area contributed by atoms with Crippen LogP contribution in [0.3, 0.4) is 0 Å². The highest BCUT2D eigenvalue weighted by Gasteiger charge is 1.99. The largest absolute Gasteiger partial charge is 0.394 e. The molecule has 2 heteroatoms. The van der Waals surface area contributed by atoms with Crippen LogP contribution in [0.1, 0.15) is 20.8 Å². The molecule has 0 saturated heterocycles. The third kappa shape index (κ3) is 4.09. The molecular weight excluding hydrogens is 102 g/mol. The van der Waals surface area contributed by atoms with Gasteiger partial charge in [-0.15, -0.1) is 0 Å². The van der Waals surface area contributed by atoms with Crippen molar-refractivity contribution in [3.05, 3.63) is 6.04 Å². The SMILES string of the molecule is C[C](CO)NC(C)C. The fourth-order valence-electron chi connectivity index (χ4n) is 0.538. The molecule has 0 saturated carbocycles. The van der Waals surface area contributed by atoms with Gasteiger partial charge in [0.05, 0.1) is 12.6 Å². The van der Waals surface area contributed by atoms with Crippen molar-refractivity contribution in [3.63, 3.8) is 0 Å². The first-order valence-electron chi connectivity index (χ1n) is 2.86. The Bertz CT molecular complexity index is 54.5. The minimum atomic E-state index is 0.137. The number of aliphatic hydroxyl groups is 1. The first kappa shape index (κ1) is 7.92. The van der Waals surface area contributed by atoms with Crippen LogP contribution >= 0.6 is 0 Å². The Morgan fingerprint density at radius 3 is 2.25 bits per heavy atom. The van der Waals surface area contributed by atoms with E-state index < -0.39 is 0 Å². The molecule has 1 radical (unpaired) electrons. The predicted molar refractivity (Wildman–Crippen MR) is 34.3 cm³/mol. The van der Waals surface area contributed by atoms with E-state index in [0.717, 1.165) is 6.04 Å². The number of rotatable bonds is 3. The number of hydrogen-bond donors (Lipinski definition) is 2. The Balaban J connectivity index is 3.10. The van der Waals surface area contributed by atoms with Crippen LogP contribution in [-0.4, -0.2) is 17.8 Å². The zero-order chi connectivity index (χ0) is 6.57. The summed E-state index contributed by atoms with van der Waals surface area (Å²) in [6.45, 7) is 6.09. The monoisotopic (exact) mass is 116 g/mol. The van der Waals surface area contributed by atoms with Crippen LogP contribution in [0.5, 0.6) is 0 Å². The molecule has 0 bridgehead atoms. The van der Waals surface area contributed by atoms with E-state index in [1.165, 1.54) is 0 Å². The van der Waals surface area contributed by atoms with Gasteiger partial charge < -0.3 is 10.4 Å². The molecule has 0 heterocycles. The van der Waals surface area contributed by atoms with Crippen LogP contribution in [0.25, 0.3) is 0 Å². The number of hydrogen-bond acceptors (Lipinski definition) is 2. The highest BCUT2D eigenvalue weighted by atomic mass is 16.3. The van der Waals surface area contributed by atoms with Gasteiger partial charge in [0.1, 0.15) is 0 Å². The van der Waals surface area contributed by atoms with Crippen molar-refractivity contribution in [3.8, 4) is 0 Å². The van der Waals surface area contributed by atoms with E-state index in [9.17, 15) is 0 Å². The van der Waals surface area contributed by atoms with E-state index in [0.29, 0.717) is 6.04 Å². The second-order valence-electron chi connectivity index (χ2n) is 2.24. The third-order valence-corrected chi connectivity index (χ3v) is 0.772. The minimum absolute atomic E-state index is 0.137. The smallest absolute Gasteiger partial charge is 0.0629 e. The molecule has 0 aliphatic carbocycles. The average molecular weight is 116 g/mol. The van der Waals surface area contributed by atoms with Gasteiger partial charge in [0.25, 0.3) is 0 Å². The molecule has 0 unspecified atom stereocenters. The molecule has 0 aromatic heterocycles. The normalized spacial score (nSPS) is 11.2. The van der Waals surface area contributed by atoms with Gasteiger partial charge in [0.2, 0.25) is 0 Å². The molecule has 2 N–H and O–H groups in total. The second kappa shape index (κ2) is 3.87. The predicted octanol–water partition coefficient (Wildman–Crippen LogP) is 0.529. The van der Waals surface area contributed by atoms with E-state index in [-0.39, 0.29) is 6.61 Å². The topological polar surface area (TPSA) is 32.3 Å². The van der Waals surface area contributed by atoms with Crippen molar-refractivity contribution >= 4 is 0 Å². The summed E-state index contributed by atoms with van der Waals surface area (Å²) in [6.07, 6.45) is 0. The van der Waals surface area contributed by atoms with Crippen molar-refractivity contribution in [1.82, 2.24) is 5.32 Å². The average Bonchev–Trinajstić information content (AvgIpc) is 1.65. The fourth-order valence-corrected chi connectivity index (χ4v) is 0.538. The molecule has 0 amide bonds. The summed E-state index contributed by atoms with van der Waals surface area (Å²) in [6, 6.07) is 1.36. The minimum Gasteiger partial charge on any atom is -0.394 e. The van der Waals surface area contributed by atoms with Gasteiger partial charge in [-0.2, -0.15) is 0 Å². The summed E-state index contributed by atoms with van der Waals surface area (Å²) in [4.78, 5) is 0. The molecule has 0 aliphatic rings. The van der Waals surface area contributed by atoms with E-state index in [1.807, 2.05) is 20.8 Å². The van der Waals surface area contributed by atoms with Gasteiger partial charge in [-0.05, 0) is 6.92 Å². The highest BCUT2D eigenvalue weighted by molar-refractivity contribution is 4.80. The Labute approximate surface area is 50.9 Å². The molecule has 2 nitrogen and oxygen atoms in total. The third-order valence-electron chi connectivity index (χ3n) is 0.772. The van der Waals surface area contributed by atoms with Crippen LogP contribution < -0.4 is 5.32 Å². The van der Waals surface area contributed by atoms with Crippen molar-refractivity contribution < 1.29 is 5.11 Å². The lowest BCUT2D eigenvalue weighted by Crippen LogP contribution is -2.28. The molecule has 0 aliphatic heterocycles. The van der Waals surface area contributed by atoms with Gasteiger partial charge in [-0.3, -0.25) is 0 Å². The summed E-state index contributed by atoms with van der Waals surface area (Å²) in [7, 11) is 0. The van der Waals surface area contributed by atoms with Gasteiger partial charge >= 0.3 is 0 Å². The maximum Gasteiger partial charge on any atom is 0.0629 e. The molecule has 0 fully saturated rings. The summed E-state index contributed by atoms with van der Waals surface area (Å²) >= 11 is 0. The molecule has 0 spiro atoms. The molecule has 0 aromatic rings. The van der Waals surface area contributed by atoms with Crippen LogP contribution in [0.2, 0.25) is 0 Å². The molecule has 8 heavy (non-hydrogen) atoms. The standard InChI is InChI=1S/C6H14NO/c1-5(2)7-6(3)4-8/h5,7-8H,4H2,1-3H3. The van der Waals surface area contributed by atoms with Crippen molar-refractivity contribution in [1.29, 1.82) is 0 Å². The summed E-state index contributed by atoms with van der Waals surface area (Å²) in [5, 5.41) is 11.5. The maximum absolute atomic E-state index is 8.48. The van der Waals surface area contributed by atoms with Gasteiger partial charge in [0, 0.05) is 6.04 Å². The van der Waals surface area contributed by atoms with Crippen LogP contribution in [-0.2, 0) is 0 Å². The van der Waals surface area contributed by atoms with Crippen LogP contribution in [0, 0.1) is 6.04 Å². The molecule has 49 valence electrons. The van der Waals surface area contributed by atoms with E-state index >= 15 is 0 Å². The van der Waals surface area contributed by atoms with Gasteiger partial charge in [0.15, 0.2) is 0 Å². The van der Waals surface area contributed by atoms with Crippen molar-refractivity contribution in [2.75, 3.05) is 6.61 Å². The summed E-state index contributed by atoms with van der Waals surface area (Å²) < 4.78 is 0. The van der Waals surface area contributed by atoms with E-state index in [1.54, 1.807) is 0 Å². The van der Waals surface area contributed by atoms with Gasteiger partial charge in [-0.25, -0.2) is 0 Å². The lowest BCUT2D eigenvalue weighted by molar-refractivity contribution is 0.290. The molecule has 0 rings (SSSR count). The summed E-state index contributed by atoms with van der Waals surface area (Å²) in [5.41, 5.74) is 0. The van der Waals surface area contributed by atoms with Gasteiger partial charge in [-0.1, -0.05) is 13.8 Å². The highest BCUT2D eigenvalue weighted by Crippen LogP contribution is 1.90. The van der Waals surface area contributed by atoms with Crippen molar-refractivity contribution in [2.24, 2.45) is 0 Å². The maximum atomic E-state index is 8.48. The number of nitrogens with one attached hydrogen (secondary N) is 1. The Kier molecular flexibility index (Phi) is 3.83. The summed E-state index contributed by atoms with van der Waals surface area (Å²) in [5.74, 6) is 0. The zero-order valence-electron chi connectivity index (χ0n) is 5.73.